The summed E-state index contributed by atoms with van der Waals surface area (Å²) >= 11 is 0. The largest absolute Gasteiger partial charge is 0.416 e. The van der Waals surface area contributed by atoms with E-state index in [9.17, 15) is 18.0 Å². The number of ketones is 1. The normalized spacial score (nSPS) is 12.1. The number of nitrogens with two attached hydrogens (primary N) is 1. The highest BCUT2D eigenvalue weighted by Crippen LogP contribution is 2.30. The summed E-state index contributed by atoms with van der Waals surface area (Å²) in [5, 5.41) is 11.4. The van der Waals surface area contributed by atoms with E-state index in [1.54, 1.807) is 43.3 Å². The van der Waals surface area contributed by atoms with Crippen LogP contribution in [-0.4, -0.2) is 45.0 Å². The molecule has 2 N–H and O–H groups in total. The number of carbonyl (C=O) groups excluding carboxylic acids is 1. The summed E-state index contributed by atoms with van der Waals surface area (Å²) in [7, 11) is 3.35. The molecule has 0 spiro atoms. The number of halogens is 3. The smallest absolute Gasteiger partial charge is 0.399 e. The maximum atomic E-state index is 13.1. The van der Waals surface area contributed by atoms with E-state index in [1.807, 2.05) is 0 Å². The molecule has 3 aromatic rings. The third-order valence-corrected chi connectivity index (χ3v) is 3.93. The van der Waals surface area contributed by atoms with Gasteiger partial charge >= 0.3 is 6.18 Å². The molecule has 1 aromatic heterocycles. The molecule has 0 aliphatic rings. The van der Waals surface area contributed by atoms with Gasteiger partial charge in [-0.05, 0) is 46.8 Å². The van der Waals surface area contributed by atoms with Crippen LogP contribution >= 0.6 is 0 Å². The fourth-order valence-electron chi connectivity index (χ4n) is 2.61. The molecule has 0 bridgehead atoms. The summed E-state index contributed by atoms with van der Waals surface area (Å²) in [6.45, 7) is 0. The molecular weight excluding hydrogens is 385 g/mol. The molecule has 3 rings (SSSR count). The highest BCUT2D eigenvalue weighted by atomic mass is 19.4. The average molecular weight is 402 g/mol. The molecule has 7 nitrogen and oxygen atoms in total. The Bertz CT molecular complexity index is 1050. The SMILES string of the molecule is CN(C)C=C(C(=O)c1cccc(C(F)(F)F)c1)c1nnnn1-c1ccc(N)cc1. The minimum atomic E-state index is -4.56. The Morgan fingerprint density at radius 1 is 1.14 bits per heavy atom. The Morgan fingerprint density at radius 2 is 1.83 bits per heavy atom. The summed E-state index contributed by atoms with van der Waals surface area (Å²) in [6.07, 6.45) is -3.10. The number of nitrogens with zero attached hydrogens (tertiary/aromatic N) is 5. The van der Waals surface area contributed by atoms with Crippen molar-refractivity contribution in [3.05, 3.63) is 71.7 Å². The second-order valence-corrected chi connectivity index (χ2v) is 6.42. The van der Waals surface area contributed by atoms with Crippen LogP contribution in [-0.2, 0) is 6.18 Å². The van der Waals surface area contributed by atoms with Gasteiger partial charge in [0.15, 0.2) is 11.6 Å². The molecule has 0 aliphatic heterocycles. The summed E-state index contributed by atoms with van der Waals surface area (Å²) in [5.41, 5.74) is 5.77. The molecule has 0 unspecified atom stereocenters. The molecule has 10 heteroatoms. The average Bonchev–Trinajstić information content (AvgIpc) is 3.15. The highest BCUT2D eigenvalue weighted by Gasteiger charge is 2.31. The molecule has 0 saturated carbocycles. The van der Waals surface area contributed by atoms with Crippen LogP contribution in [0.1, 0.15) is 21.7 Å². The van der Waals surface area contributed by atoms with Gasteiger partial charge in [-0.3, -0.25) is 4.79 Å². The lowest BCUT2D eigenvalue weighted by Crippen LogP contribution is -2.14. The predicted molar refractivity (Wildman–Crippen MR) is 101 cm³/mol. The standard InChI is InChI=1S/C19H17F3N6O/c1-27(2)11-16(17(29)12-4-3-5-13(10-12)19(20,21)22)18-24-25-26-28(18)15-8-6-14(23)7-9-15/h3-11H,23H2,1-2H3. The highest BCUT2D eigenvalue weighted by molar-refractivity contribution is 6.28. The van der Waals surface area contributed by atoms with E-state index in [4.69, 9.17) is 5.73 Å². The van der Waals surface area contributed by atoms with E-state index in [2.05, 4.69) is 15.5 Å². The maximum absolute atomic E-state index is 13.1. The molecule has 0 amide bonds. The van der Waals surface area contributed by atoms with Gasteiger partial charge in [0.25, 0.3) is 0 Å². The number of benzene rings is 2. The van der Waals surface area contributed by atoms with Crippen LogP contribution in [0.5, 0.6) is 0 Å². The van der Waals surface area contributed by atoms with E-state index in [0.29, 0.717) is 11.4 Å². The fraction of sp³-hybridized carbons (Fsp3) is 0.158. The molecule has 0 atom stereocenters. The number of hydrogen-bond acceptors (Lipinski definition) is 6. The number of alkyl halides is 3. The van der Waals surface area contributed by atoms with Crippen molar-refractivity contribution in [2.45, 2.75) is 6.18 Å². The zero-order valence-corrected chi connectivity index (χ0v) is 15.6. The van der Waals surface area contributed by atoms with Crippen LogP contribution in [0.4, 0.5) is 18.9 Å². The summed E-state index contributed by atoms with van der Waals surface area (Å²) in [5.74, 6) is -0.554. The number of aromatic nitrogens is 4. The van der Waals surface area contributed by atoms with Crippen LogP contribution in [0, 0.1) is 0 Å². The number of Topliss-reactive ketones (excluding diaryl/α,β-unsaturated/α-hetero) is 1. The molecular formula is C19H17F3N6O. The van der Waals surface area contributed by atoms with Gasteiger partial charge in [-0.1, -0.05) is 12.1 Å². The van der Waals surface area contributed by atoms with E-state index in [1.165, 1.54) is 23.0 Å². The van der Waals surface area contributed by atoms with Crippen LogP contribution in [0.2, 0.25) is 0 Å². The summed E-state index contributed by atoms with van der Waals surface area (Å²) < 4.78 is 40.5. The Morgan fingerprint density at radius 3 is 2.45 bits per heavy atom. The lowest BCUT2D eigenvalue weighted by Gasteiger charge is -2.13. The monoisotopic (exact) mass is 402 g/mol. The topological polar surface area (TPSA) is 89.9 Å². The van der Waals surface area contributed by atoms with Crippen LogP contribution in [0.15, 0.2) is 54.7 Å². The van der Waals surface area contributed by atoms with Crippen molar-refractivity contribution in [3.8, 4) is 5.69 Å². The van der Waals surface area contributed by atoms with Gasteiger partial charge in [-0.15, -0.1) is 5.10 Å². The van der Waals surface area contributed by atoms with Crippen LogP contribution < -0.4 is 5.73 Å². The molecule has 0 saturated heterocycles. The van der Waals surface area contributed by atoms with Gasteiger partial charge in [0.1, 0.15) is 0 Å². The lowest BCUT2D eigenvalue weighted by molar-refractivity contribution is -0.137. The molecule has 150 valence electrons. The Hall–Kier alpha value is -3.69. The minimum absolute atomic E-state index is 0.0381. The van der Waals surface area contributed by atoms with Crippen molar-refractivity contribution in [1.29, 1.82) is 0 Å². The van der Waals surface area contributed by atoms with Gasteiger partial charge in [0.2, 0.25) is 0 Å². The molecule has 29 heavy (non-hydrogen) atoms. The third-order valence-electron chi connectivity index (χ3n) is 3.93. The Balaban J connectivity index is 2.09. The van der Waals surface area contributed by atoms with Crippen molar-refractivity contribution >= 4 is 17.0 Å². The first kappa shape index (κ1) is 20.1. The van der Waals surface area contributed by atoms with E-state index in [-0.39, 0.29) is 17.0 Å². The predicted octanol–water partition coefficient (Wildman–Crippen LogP) is 3.05. The first-order valence-electron chi connectivity index (χ1n) is 8.41. The molecule has 2 aromatic carbocycles. The van der Waals surface area contributed by atoms with E-state index < -0.39 is 17.5 Å². The number of nitrogen functional groups attached to an aromatic ring is 1. The second-order valence-electron chi connectivity index (χ2n) is 6.42. The summed E-state index contributed by atoms with van der Waals surface area (Å²) in [4.78, 5) is 14.7. The second kappa shape index (κ2) is 7.74. The molecule has 0 aliphatic carbocycles. The number of carbonyl (C=O) groups is 1. The quantitative estimate of drug-likeness (QED) is 0.401. The first-order chi connectivity index (χ1) is 13.7. The zero-order chi connectivity index (χ0) is 21.2. The van der Waals surface area contributed by atoms with Crippen molar-refractivity contribution in [3.63, 3.8) is 0 Å². The number of allylic oxidation sites excluding steroid dienone is 1. The zero-order valence-electron chi connectivity index (χ0n) is 15.6. The number of tetrazole rings is 1. The Kier molecular flexibility index (Phi) is 5.35. The third kappa shape index (κ3) is 4.42. The van der Waals surface area contributed by atoms with E-state index >= 15 is 0 Å². The van der Waals surface area contributed by atoms with Gasteiger partial charge in [0, 0.05) is 31.5 Å². The number of anilines is 1. The molecule has 0 fully saturated rings. The first-order valence-corrected chi connectivity index (χ1v) is 8.41. The molecule has 0 radical (unpaired) electrons. The molecule has 1 heterocycles. The van der Waals surface area contributed by atoms with Gasteiger partial charge in [-0.2, -0.15) is 17.9 Å². The van der Waals surface area contributed by atoms with Crippen LogP contribution in [0.3, 0.4) is 0 Å². The van der Waals surface area contributed by atoms with Gasteiger partial charge < -0.3 is 10.6 Å². The fourth-order valence-corrected chi connectivity index (χ4v) is 2.61. The minimum Gasteiger partial charge on any atom is -0.399 e. The lowest BCUT2D eigenvalue weighted by atomic mass is 10.0. The van der Waals surface area contributed by atoms with Gasteiger partial charge in [0.05, 0.1) is 16.8 Å². The summed E-state index contributed by atoms with van der Waals surface area (Å²) in [6, 6.07) is 10.8. The van der Waals surface area contributed by atoms with Crippen LogP contribution in [0.25, 0.3) is 11.3 Å². The number of rotatable bonds is 5. The van der Waals surface area contributed by atoms with Gasteiger partial charge in [-0.25, -0.2) is 0 Å². The van der Waals surface area contributed by atoms with Crippen molar-refractivity contribution < 1.29 is 18.0 Å². The Labute approximate surface area is 164 Å². The number of hydrogen-bond donors (Lipinski definition) is 1. The van der Waals surface area contributed by atoms with Crippen molar-refractivity contribution in [2.75, 3.05) is 19.8 Å². The van der Waals surface area contributed by atoms with Crippen molar-refractivity contribution in [2.24, 2.45) is 0 Å². The maximum Gasteiger partial charge on any atom is 0.416 e. The van der Waals surface area contributed by atoms with Crippen molar-refractivity contribution in [1.82, 2.24) is 25.1 Å². The van der Waals surface area contributed by atoms with E-state index in [0.717, 1.165) is 12.1 Å².